The Bertz CT molecular complexity index is 797. The van der Waals surface area contributed by atoms with Gasteiger partial charge in [-0.15, -0.1) is 11.3 Å². The molecule has 3 rings (SSSR count). The number of carbonyl (C=O) groups excluding carboxylic acids is 1. The van der Waals surface area contributed by atoms with Gasteiger partial charge in [-0.1, -0.05) is 0 Å². The second-order valence-corrected chi connectivity index (χ2v) is 5.31. The van der Waals surface area contributed by atoms with Crippen LogP contribution < -0.4 is 11.1 Å². The minimum absolute atomic E-state index is 0.124. The van der Waals surface area contributed by atoms with Crippen LogP contribution in [0, 0.1) is 5.82 Å². The van der Waals surface area contributed by atoms with E-state index < -0.39 is 5.82 Å². The van der Waals surface area contributed by atoms with Crippen molar-refractivity contribution in [3.05, 3.63) is 59.2 Å². The van der Waals surface area contributed by atoms with E-state index in [2.05, 4.69) is 5.32 Å². The second-order valence-electron chi connectivity index (χ2n) is 4.36. The summed E-state index contributed by atoms with van der Waals surface area (Å²) in [5.41, 5.74) is 6.72. The van der Waals surface area contributed by atoms with Crippen molar-refractivity contribution in [2.45, 2.75) is 0 Å². The molecular weight excluding hydrogens is 275 g/mol. The maximum atomic E-state index is 13.0. The van der Waals surface area contributed by atoms with E-state index in [9.17, 15) is 9.18 Å². The largest absolute Gasteiger partial charge is 0.398 e. The Morgan fingerprint density at radius 3 is 2.80 bits per heavy atom. The van der Waals surface area contributed by atoms with Gasteiger partial charge in [-0.3, -0.25) is 4.79 Å². The summed E-state index contributed by atoms with van der Waals surface area (Å²) in [5, 5.41) is 5.83. The van der Waals surface area contributed by atoms with Crippen molar-refractivity contribution < 1.29 is 9.18 Å². The molecule has 0 bridgehead atoms. The molecule has 3 nitrogen and oxygen atoms in total. The van der Waals surface area contributed by atoms with E-state index in [1.165, 1.54) is 12.1 Å². The number of fused-ring (bicyclic) bond motifs is 1. The van der Waals surface area contributed by atoms with Crippen LogP contribution in [-0.4, -0.2) is 5.91 Å². The van der Waals surface area contributed by atoms with Crippen LogP contribution in [0.15, 0.2) is 47.8 Å². The molecule has 0 aliphatic carbocycles. The van der Waals surface area contributed by atoms with Gasteiger partial charge < -0.3 is 11.1 Å². The fraction of sp³-hybridized carbons (Fsp3) is 0. The first-order chi connectivity index (χ1) is 9.63. The van der Waals surface area contributed by atoms with Crippen LogP contribution in [0.25, 0.3) is 10.1 Å². The predicted octanol–water partition coefficient (Wildman–Crippen LogP) is 3.87. The fourth-order valence-corrected chi connectivity index (χ4v) is 2.75. The zero-order valence-electron chi connectivity index (χ0n) is 10.4. The maximum Gasteiger partial charge on any atom is 0.257 e. The maximum absolute atomic E-state index is 13.0. The van der Waals surface area contributed by atoms with Crippen LogP contribution in [0.5, 0.6) is 0 Å². The summed E-state index contributed by atoms with van der Waals surface area (Å²) in [6.45, 7) is 0. The summed E-state index contributed by atoms with van der Waals surface area (Å²) in [4.78, 5) is 12.1. The van der Waals surface area contributed by atoms with Crippen molar-refractivity contribution in [3.63, 3.8) is 0 Å². The van der Waals surface area contributed by atoms with Crippen molar-refractivity contribution in [3.8, 4) is 0 Å². The summed E-state index contributed by atoms with van der Waals surface area (Å²) in [6, 6.07) is 11.4. The highest BCUT2D eigenvalue weighted by molar-refractivity contribution is 7.17. The zero-order valence-corrected chi connectivity index (χ0v) is 11.2. The highest BCUT2D eigenvalue weighted by atomic mass is 32.1. The summed E-state index contributed by atoms with van der Waals surface area (Å²) in [6.07, 6.45) is 0. The van der Waals surface area contributed by atoms with Gasteiger partial charge in [0, 0.05) is 16.1 Å². The molecule has 0 saturated carbocycles. The highest BCUT2D eigenvalue weighted by Crippen LogP contribution is 2.24. The smallest absolute Gasteiger partial charge is 0.257 e. The number of nitrogen functional groups attached to an aromatic ring is 1. The standard InChI is InChI=1S/C15H11FN2OS/c16-10-1-3-12(13(17)8-10)15(19)18-11-2-4-14-9(7-11)5-6-20-14/h1-8H,17H2,(H,18,19). The summed E-state index contributed by atoms with van der Waals surface area (Å²) < 4.78 is 14.1. The number of carbonyl (C=O) groups is 1. The lowest BCUT2D eigenvalue weighted by Gasteiger charge is -2.07. The number of halogens is 1. The molecule has 0 saturated heterocycles. The van der Waals surface area contributed by atoms with Crippen molar-refractivity contribution in [2.24, 2.45) is 0 Å². The number of hydrogen-bond donors (Lipinski definition) is 2. The molecule has 20 heavy (non-hydrogen) atoms. The zero-order chi connectivity index (χ0) is 14.1. The lowest BCUT2D eigenvalue weighted by atomic mass is 10.1. The average Bonchev–Trinajstić information content (AvgIpc) is 2.85. The van der Waals surface area contributed by atoms with Crippen molar-refractivity contribution >= 4 is 38.7 Å². The topological polar surface area (TPSA) is 55.1 Å². The molecule has 3 N–H and O–H groups in total. The Morgan fingerprint density at radius 1 is 1.15 bits per heavy atom. The third-order valence-electron chi connectivity index (χ3n) is 2.97. The second kappa shape index (κ2) is 4.94. The van der Waals surface area contributed by atoms with Gasteiger partial charge in [-0.05, 0) is 53.2 Å². The molecule has 5 heteroatoms. The number of nitrogens with one attached hydrogen (secondary N) is 1. The van der Waals surface area contributed by atoms with Gasteiger partial charge in [0.2, 0.25) is 0 Å². The Morgan fingerprint density at radius 2 is 2.00 bits per heavy atom. The number of rotatable bonds is 2. The van der Waals surface area contributed by atoms with Gasteiger partial charge in [0.25, 0.3) is 5.91 Å². The molecule has 0 aliphatic rings. The molecule has 0 spiro atoms. The van der Waals surface area contributed by atoms with E-state index in [0.717, 1.165) is 16.2 Å². The molecule has 1 heterocycles. The molecule has 0 fully saturated rings. The average molecular weight is 286 g/mol. The van der Waals surface area contributed by atoms with E-state index in [1.807, 2.05) is 29.6 Å². The third kappa shape index (κ3) is 2.35. The van der Waals surface area contributed by atoms with Gasteiger partial charge in [0.1, 0.15) is 5.82 Å². The van der Waals surface area contributed by atoms with E-state index >= 15 is 0 Å². The Labute approximate surface area is 118 Å². The quantitative estimate of drug-likeness (QED) is 0.702. The monoisotopic (exact) mass is 286 g/mol. The molecule has 0 radical (unpaired) electrons. The van der Waals surface area contributed by atoms with Gasteiger partial charge in [0.15, 0.2) is 0 Å². The third-order valence-corrected chi connectivity index (χ3v) is 3.87. The molecule has 1 aromatic heterocycles. The minimum Gasteiger partial charge on any atom is -0.398 e. The number of hydrogen-bond acceptors (Lipinski definition) is 3. The number of thiophene rings is 1. The van der Waals surface area contributed by atoms with Crippen LogP contribution >= 0.6 is 11.3 Å². The fourth-order valence-electron chi connectivity index (χ4n) is 1.98. The number of amides is 1. The molecule has 100 valence electrons. The minimum atomic E-state index is -0.459. The summed E-state index contributed by atoms with van der Waals surface area (Å²) in [5.74, 6) is -0.809. The first kappa shape index (κ1) is 12.6. The van der Waals surface area contributed by atoms with E-state index in [0.29, 0.717) is 5.69 Å². The predicted molar refractivity (Wildman–Crippen MR) is 80.6 cm³/mol. The van der Waals surface area contributed by atoms with Crippen LogP contribution in [-0.2, 0) is 0 Å². The van der Waals surface area contributed by atoms with E-state index in [1.54, 1.807) is 11.3 Å². The molecule has 0 atom stereocenters. The first-order valence-electron chi connectivity index (χ1n) is 5.97. The van der Waals surface area contributed by atoms with Gasteiger partial charge in [-0.2, -0.15) is 0 Å². The normalized spacial score (nSPS) is 10.7. The van der Waals surface area contributed by atoms with Crippen molar-refractivity contribution in [1.82, 2.24) is 0 Å². The van der Waals surface area contributed by atoms with Crippen LogP contribution in [0.4, 0.5) is 15.8 Å². The van der Waals surface area contributed by atoms with Gasteiger partial charge in [-0.25, -0.2) is 4.39 Å². The molecule has 3 aromatic rings. The Balaban J connectivity index is 1.87. The Kier molecular flexibility index (Phi) is 3.12. The summed E-state index contributed by atoms with van der Waals surface area (Å²) in [7, 11) is 0. The molecule has 2 aromatic carbocycles. The number of anilines is 2. The van der Waals surface area contributed by atoms with E-state index in [-0.39, 0.29) is 17.2 Å². The van der Waals surface area contributed by atoms with Crippen LogP contribution in [0.2, 0.25) is 0 Å². The van der Waals surface area contributed by atoms with Gasteiger partial charge in [0.05, 0.1) is 5.56 Å². The molecule has 0 aliphatic heterocycles. The van der Waals surface area contributed by atoms with Crippen LogP contribution in [0.3, 0.4) is 0 Å². The molecule has 0 unspecified atom stereocenters. The van der Waals surface area contributed by atoms with Crippen LogP contribution in [0.1, 0.15) is 10.4 Å². The van der Waals surface area contributed by atoms with E-state index in [4.69, 9.17) is 5.73 Å². The Hall–Kier alpha value is -2.40. The lowest BCUT2D eigenvalue weighted by molar-refractivity contribution is 0.102. The van der Waals surface area contributed by atoms with Gasteiger partial charge >= 0.3 is 0 Å². The van der Waals surface area contributed by atoms with Crippen molar-refractivity contribution in [2.75, 3.05) is 11.1 Å². The highest BCUT2D eigenvalue weighted by Gasteiger charge is 2.11. The summed E-state index contributed by atoms with van der Waals surface area (Å²) >= 11 is 1.64. The van der Waals surface area contributed by atoms with Crippen molar-refractivity contribution in [1.29, 1.82) is 0 Å². The lowest BCUT2D eigenvalue weighted by Crippen LogP contribution is -2.14. The molecular formula is C15H11FN2OS. The first-order valence-corrected chi connectivity index (χ1v) is 6.85. The molecule has 1 amide bonds. The SMILES string of the molecule is Nc1cc(F)ccc1C(=O)Nc1ccc2sccc2c1. The number of benzene rings is 2. The number of nitrogens with two attached hydrogens (primary N) is 1.